The zero-order chi connectivity index (χ0) is 20.6. The minimum Gasteiger partial charge on any atom is -0.447 e. The average Bonchev–Trinajstić information content (AvgIpc) is 3.22. The third-order valence-electron chi connectivity index (χ3n) is 4.84. The van der Waals surface area contributed by atoms with Crippen molar-refractivity contribution < 1.29 is 13.6 Å². The van der Waals surface area contributed by atoms with Gasteiger partial charge in [0.25, 0.3) is 5.91 Å². The van der Waals surface area contributed by atoms with E-state index in [0.717, 1.165) is 12.0 Å². The molecule has 0 spiro atoms. The van der Waals surface area contributed by atoms with E-state index < -0.39 is 0 Å². The zero-order valence-electron chi connectivity index (χ0n) is 16.6. The van der Waals surface area contributed by atoms with Crippen LogP contribution in [0.25, 0.3) is 0 Å². The maximum Gasteiger partial charge on any atom is 0.273 e. The van der Waals surface area contributed by atoms with Crippen molar-refractivity contribution in [1.29, 1.82) is 0 Å². The molecule has 1 amide bonds. The Kier molecular flexibility index (Phi) is 7.08. The number of halogens is 1. The molecule has 0 bridgehead atoms. The van der Waals surface area contributed by atoms with Crippen molar-refractivity contribution in [1.82, 2.24) is 20.2 Å². The van der Waals surface area contributed by atoms with Crippen LogP contribution in [0.2, 0.25) is 0 Å². The molecule has 152 valence electrons. The summed E-state index contributed by atoms with van der Waals surface area (Å²) in [7, 11) is 0. The quantitative estimate of drug-likeness (QED) is 0.593. The standard InChI is InChI=1S/C22H25FN4O2/c1-3-16(2)27(13-18-8-4-5-9-19(18)23)14-21-26-20(15-29-21)22(28)25-12-17-7-6-10-24-11-17/h4-11,15-16H,3,12-14H2,1-2H3,(H,25,28). The smallest absolute Gasteiger partial charge is 0.273 e. The Morgan fingerprint density at radius 3 is 2.79 bits per heavy atom. The first-order chi connectivity index (χ1) is 14.1. The number of nitrogens with zero attached hydrogens (tertiary/aromatic N) is 3. The van der Waals surface area contributed by atoms with Crippen LogP contribution in [0.1, 0.15) is 47.8 Å². The number of nitrogens with one attached hydrogen (secondary N) is 1. The highest BCUT2D eigenvalue weighted by atomic mass is 19.1. The topological polar surface area (TPSA) is 71.3 Å². The fourth-order valence-corrected chi connectivity index (χ4v) is 2.91. The monoisotopic (exact) mass is 396 g/mol. The molecule has 0 saturated heterocycles. The molecule has 0 saturated carbocycles. The maximum absolute atomic E-state index is 14.1. The molecule has 0 aliphatic rings. The summed E-state index contributed by atoms with van der Waals surface area (Å²) < 4.78 is 19.6. The molecule has 3 aromatic rings. The first-order valence-electron chi connectivity index (χ1n) is 9.65. The van der Waals surface area contributed by atoms with E-state index in [4.69, 9.17) is 4.42 Å². The molecule has 0 aliphatic heterocycles. The van der Waals surface area contributed by atoms with Crippen LogP contribution in [-0.2, 0) is 19.6 Å². The number of rotatable bonds is 9. The number of aromatic nitrogens is 2. The van der Waals surface area contributed by atoms with Crippen molar-refractivity contribution in [2.24, 2.45) is 0 Å². The summed E-state index contributed by atoms with van der Waals surface area (Å²) in [6.07, 6.45) is 5.63. The predicted molar refractivity (Wildman–Crippen MR) is 107 cm³/mol. The molecule has 0 fully saturated rings. The van der Waals surface area contributed by atoms with Gasteiger partial charge in [-0.3, -0.25) is 14.7 Å². The van der Waals surface area contributed by atoms with E-state index in [2.05, 4.69) is 34.0 Å². The van der Waals surface area contributed by atoms with Crippen LogP contribution in [0.5, 0.6) is 0 Å². The van der Waals surface area contributed by atoms with Gasteiger partial charge < -0.3 is 9.73 Å². The van der Waals surface area contributed by atoms with Crippen molar-refractivity contribution in [3.8, 4) is 0 Å². The lowest BCUT2D eigenvalue weighted by molar-refractivity contribution is 0.0945. The first kappa shape index (κ1) is 20.7. The van der Waals surface area contributed by atoms with E-state index in [1.807, 2.05) is 18.2 Å². The summed E-state index contributed by atoms with van der Waals surface area (Å²) >= 11 is 0. The van der Waals surface area contributed by atoms with Crippen molar-refractivity contribution in [2.75, 3.05) is 0 Å². The number of carbonyl (C=O) groups excluding carboxylic acids is 1. The second kappa shape index (κ2) is 9.93. The van der Waals surface area contributed by atoms with Crippen molar-refractivity contribution in [3.05, 3.63) is 83.6 Å². The van der Waals surface area contributed by atoms with Crippen LogP contribution in [-0.4, -0.2) is 26.8 Å². The van der Waals surface area contributed by atoms with E-state index in [0.29, 0.717) is 31.1 Å². The van der Waals surface area contributed by atoms with Gasteiger partial charge in [0.15, 0.2) is 5.69 Å². The van der Waals surface area contributed by atoms with Gasteiger partial charge in [-0.25, -0.2) is 9.37 Å². The Labute approximate surface area is 169 Å². The van der Waals surface area contributed by atoms with Crippen molar-refractivity contribution in [2.45, 2.75) is 45.9 Å². The molecule has 1 aromatic carbocycles. The molecule has 6 nitrogen and oxygen atoms in total. The summed E-state index contributed by atoms with van der Waals surface area (Å²) in [5, 5.41) is 2.80. The molecule has 7 heteroatoms. The molecule has 2 heterocycles. The molecule has 2 aromatic heterocycles. The zero-order valence-corrected chi connectivity index (χ0v) is 16.6. The van der Waals surface area contributed by atoms with E-state index in [1.54, 1.807) is 24.5 Å². The molecular weight excluding hydrogens is 371 g/mol. The summed E-state index contributed by atoms with van der Waals surface area (Å²) in [4.78, 5) is 22.7. The second-order valence-corrected chi connectivity index (χ2v) is 6.92. The second-order valence-electron chi connectivity index (χ2n) is 6.92. The van der Waals surface area contributed by atoms with Crippen molar-refractivity contribution in [3.63, 3.8) is 0 Å². The molecule has 0 radical (unpaired) electrons. The molecule has 29 heavy (non-hydrogen) atoms. The lowest BCUT2D eigenvalue weighted by Crippen LogP contribution is -2.32. The van der Waals surface area contributed by atoms with Gasteiger partial charge in [0.1, 0.15) is 12.1 Å². The Morgan fingerprint density at radius 2 is 2.07 bits per heavy atom. The molecular formula is C22H25FN4O2. The minimum atomic E-state index is -0.312. The summed E-state index contributed by atoms with van der Waals surface area (Å²) in [6, 6.07) is 10.6. The maximum atomic E-state index is 14.1. The number of hydrogen-bond acceptors (Lipinski definition) is 5. The number of benzene rings is 1. The largest absolute Gasteiger partial charge is 0.447 e. The van der Waals surface area contributed by atoms with Gasteiger partial charge in [-0.05, 0) is 31.0 Å². The van der Waals surface area contributed by atoms with E-state index in [1.165, 1.54) is 12.3 Å². The van der Waals surface area contributed by atoms with Crippen LogP contribution in [0.15, 0.2) is 59.5 Å². The highest BCUT2D eigenvalue weighted by molar-refractivity contribution is 5.91. The van der Waals surface area contributed by atoms with Gasteiger partial charge >= 0.3 is 0 Å². The molecule has 1 N–H and O–H groups in total. The van der Waals surface area contributed by atoms with Gasteiger partial charge in [0.2, 0.25) is 5.89 Å². The molecule has 1 atom stereocenters. The SMILES string of the molecule is CCC(C)N(Cc1nc(C(=O)NCc2cccnc2)co1)Cc1ccccc1F. The fraction of sp³-hybridized carbons (Fsp3) is 0.318. The molecule has 3 rings (SSSR count). The highest BCUT2D eigenvalue weighted by Gasteiger charge is 2.19. The van der Waals surface area contributed by atoms with E-state index >= 15 is 0 Å². The first-order valence-corrected chi connectivity index (χ1v) is 9.65. The van der Waals surface area contributed by atoms with E-state index in [9.17, 15) is 9.18 Å². The van der Waals surface area contributed by atoms with Crippen LogP contribution in [0.3, 0.4) is 0 Å². The highest BCUT2D eigenvalue weighted by Crippen LogP contribution is 2.17. The van der Waals surface area contributed by atoms with Gasteiger partial charge in [-0.1, -0.05) is 31.2 Å². The fourth-order valence-electron chi connectivity index (χ4n) is 2.91. The third-order valence-corrected chi connectivity index (χ3v) is 4.84. The number of pyridine rings is 1. The number of amides is 1. The van der Waals surface area contributed by atoms with Crippen LogP contribution in [0, 0.1) is 5.82 Å². The Bertz CT molecular complexity index is 929. The predicted octanol–water partition coefficient (Wildman–Crippen LogP) is 3.94. The molecule has 0 aliphatic carbocycles. The average molecular weight is 396 g/mol. The van der Waals surface area contributed by atoms with Crippen molar-refractivity contribution >= 4 is 5.91 Å². The third kappa shape index (κ3) is 5.71. The normalized spacial score (nSPS) is 12.1. The summed E-state index contributed by atoms with van der Waals surface area (Å²) in [5.41, 5.74) is 1.74. The molecule has 1 unspecified atom stereocenters. The lowest BCUT2D eigenvalue weighted by Gasteiger charge is -2.27. The lowest BCUT2D eigenvalue weighted by atomic mass is 10.1. The number of hydrogen-bond donors (Lipinski definition) is 1. The van der Waals surface area contributed by atoms with Gasteiger partial charge in [0.05, 0.1) is 6.54 Å². The Balaban J connectivity index is 1.64. The van der Waals surface area contributed by atoms with Gasteiger partial charge in [0, 0.05) is 37.1 Å². The number of carbonyl (C=O) groups is 1. The van der Waals surface area contributed by atoms with Gasteiger partial charge in [-0.2, -0.15) is 0 Å². The number of oxazole rings is 1. The Morgan fingerprint density at radius 1 is 1.24 bits per heavy atom. The van der Waals surface area contributed by atoms with Crippen LogP contribution in [0.4, 0.5) is 4.39 Å². The van der Waals surface area contributed by atoms with Crippen LogP contribution >= 0.6 is 0 Å². The Hall–Kier alpha value is -3.06. The minimum absolute atomic E-state index is 0.198. The summed E-state index contributed by atoms with van der Waals surface area (Å²) in [6.45, 7) is 5.34. The van der Waals surface area contributed by atoms with Gasteiger partial charge in [-0.15, -0.1) is 0 Å². The van der Waals surface area contributed by atoms with Crippen LogP contribution < -0.4 is 5.32 Å². The van der Waals surface area contributed by atoms with E-state index in [-0.39, 0.29) is 23.5 Å². The summed E-state index contributed by atoms with van der Waals surface area (Å²) in [5.74, 6) is -0.120.